The molecule has 1 fully saturated rings. The Hall–Kier alpha value is -1.19. The molecule has 1 aliphatic rings. The zero-order valence-corrected chi connectivity index (χ0v) is 9.45. The van der Waals surface area contributed by atoms with Gasteiger partial charge in [-0.2, -0.15) is 0 Å². The highest BCUT2D eigenvalue weighted by Gasteiger charge is 2.34. The van der Waals surface area contributed by atoms with E-state index in [1.54, 1.807) is 0 Å². The first-order valence-corrected chi connectivity index (χ1v) is 5.24. The molecule has 0 unspecified atom stereocenters. The molecule has 4 heteroatoms. The van der Waals surface area contributed by atoms with E-state index < -0.39 is 0 Å². The molecular weight excluding hydrogens is 194 g/mol. The maximum atomic E-state index is 11.6. The third-order valence-corrected chi connectivity index (χ3v) is 2.80. The molecule has 0 atom stereocenters. The summed E-state index contributed by atoms with van der Waals surface area (Å²) in [5.74, 6) is -0.106. The Morgan fingerprint density at radius 2 is 1.80 bits per heavy atom. The lowest BCUT2D eigenvalue weighted by Gasteiger charge is -2.31. The topological polar surface area (TPSA) is 54.5 Å². The second-order valence-electron chi connectivity index (χ2n) is 4.49. The Balaban J connectivity index is 2.69. The fourth-order valence-corrected chi connectivity index (χ4v) is 1.75. The van der Waals surface area contributed by atoms with Gasteiger partial charge in [0.2, 0.25) is 11.8 Å². The molecule has 0 aliphatic carbocycles. The van der Waals surface area contributed by atoms with Crippen molar-refractivity contribution in [3.05, 3.63) is 0 Å². The highest BCUT2D eigenvalue weighted by atomic mass is 16.2. The van der Waals surface area contributed by atoms with Crippen molar-refractivity contribution >= 4 is 17.6 Å². The van der Waals surface area contributed by atoms with Gasteiger partial charge in [0.15, 0.2) is 0 Å². The average Bonchev–Trinajstić information content (AvgIpc) is 2.10. The molecule has 0 aromatic carbocycles. The highest BCUT2D eigenvalue weighted by Crippen LogP contribution is 2.25. The van der Waals surface area contributed by atoms with E-state index in [9.17, 15) is 14.4 Å². The average molecular weight is 211 g/mol. The molecule has 0 aromatic heterocycles. The van der Waals surface area contributed by atoms with Crippen LogP contribution in [0.3, 0.4) is 0 Å². The summed E-state index contributed by atoms with van der Waals surface area (Å²) in [7, 11) is 0. The number of imide groups is 1. The maximum absolute atomic E-state index is 11.6. The van der Waals surface area contributed by atoms with E-state index in [-0.39, 0.29) is 30.1 Å². The smallest absolute Gasteiger partial charge is 0.229 e. The summed E-state index contributed by atoms with van der Waals surface area (Å²) in [6.07, 6.45) is 0.771. The monoisotopic (exact) mass is 211 g/mol. The minimum atomic E-state index is -0.208. The van der Waals surface area contributed by atoms with Gasteiger partial charge in [0.05, 0.1) is 6.54 Å². The first-order chi connectivity index (χ1) is 6.91. The Labute approximate surface area is 89.6 Å². The number of hydrogen-bond donors (Lipinski definition) is 0. The maximum Gasteiger partial charge on any atom is 0.229 e. The van der Waals surface area contributed by atoms with Gasteiger partial charge in [0, 0.05) is 12.8 Å². The van der Waals surface area contributed by atoms with Crippen molar-refractivity contribution in [1.29, 1.82) is 0 Å². The van der Waals surface area contributed by atoms with Gasteiger partial charge < -0.3 is 0 Å². The number of hydrogen-bond acceptors (Lipinski definition) is 3. The molecule has 1 saturated heterocycles. The van der Waals surface area contributed by atoms with Gasteiger partial charge >= 0.3 is 0 Å². The van der Waals surface area contributed by atoms with Crippen LogP contribution in [0.15, 0.2) is 0 Å². The summed E-state index contributed by atoms with van der Waals surface area (Å²) >= 11 is 0. The van der Waals surface area contributed by atoms with Crippen LogP contribution in [0.25, 0.3) is 0 Å². The van der Waals surface area contributed by atoms with E-state index in [1.165, 1.54) is 6.92 Å². The molecule has 0 N–H and O–H groups in total. The predicted molar refractivity (Wildman–Crippen MR) is 55.0 cm³/mol. The van der Waals surface area contributed by atoms with E-state index in [1.807, 2.05) is 13.8 Å². The third-order valence-electron chi connectivity index (χ3n) is 2.80. The van der Waals surface area contributed by atoms with Gasteiger partial charge in [0.25, 0.3) is 0 Å². The van der Waals surface area contributed by atoms with Crippen molar-refractivity contribution in [2.75, 3.05) is 6.54 Å². The standard InChI is InChI=1S/C11H17NO3/c1-7(2)9-4-10(14)12(6-8(3)13)11(15)5-9/h7,9H,4-6H2,1-3H3. The summed E-state index contributed by atoms with van der Waals surface area (Å²) in [5, 5.41) is 0. The minimum Gasteiger partial charge on any atom is -0.298 e. The zero-order chi connectivity index (χ0) is 11.6. The number of carbonyl (C=O) groups excluding carboxylic acids is 3. The molecule has 0 spiro atoms. The fourth-order valence-electron chi connectivity index (χ4n) is 1.75. The number of likely N-dealkylation sites (tertiary alicyclic amines) is 1. The molecule has 1 heterocycles. The Bertz CT molecular complexity index is 278. The predicted octanol–water partition coefficient (Wildman–Crippen LogP) is 0.997. The first kappa shape index (κ1) is 11.9. The van der Waals surface area contributed by atoms with E-state index in [4.69, 9.17) is 0 Å². The second-order valence-corrected chi connectivity index (χ2v) is 4.49. The number of piperidine rings is 1. The van der Waals surface area contributed by atoms with Crippen molar-refractivity contribution in [3.8, 4) is 0 Å². The number of carbonyl (C=O) groups is 3. The van der Waals surface area contributed by atoms with Crippen molar-refractivity contribution in [2.24, 2.45) is 11.8 Å². The van der Waals surface area contributed by atoms with Gasteiger partial charge in [-0.15, -0.1) is 0 Å². The van der Waals surface area contributed by atoms with Gasteiger partial charge in [-0.05, 0) is 18.8 Å². The molecule has 84 valence electrons. The van der Waals surface area contributed by atoms with Crippen molar-refractivity contribution in [3.63, 3.8) is 0 Å². The Morgan fingerprint density at radius 1 is 1.33 bits per heavy atom. The molecule has 0 aromatic rings. The Kier molecular flexibility index (Phi) is 3.61. The fraction of sp³-hybridized carbons (Fsp3) is 0.727. The van der Waals surface area contributed by atoms with Crippen LogP contribution < -0.4 is 0 Å². The number of rotatable bonds is 3. The molecule has 1 rings (SSSR count). The van der Waals surface area contributed by atoms with E-state index in [0.29, 0.717) is 18.8 Å². The molecular formula is C11H17NO3. The third kappa shape index (κ3) is 2.88. The number of Topliss-reactive ketones (excluding diaryl/α,β-unsaturated/α-hetero) is 1. The van der Waals surface area contributed by atoms with Crippen LogP contribution in [-0.2, 0) is 14.4 Å². The van der Waals surface area contributed by atoms with Crippen LogP contribution >= 0.6 is 0 Å². The number of ketones is 1. The molecule has 2 amide bonds. The lowest BCUT2D eigenvalue weighted by molar-refractivity contribution is -0.152. The normalized spacial score (nSPS) is 18.8. The quantitative estimate of drug-likeness (QED) is 0.654. The van der Waals surface area contributed by atoms with Crippen LogP contribution in [0.5, 0.6) is 0 Å². The zero-order valence-electron chi connectivity index (χ0n) is 9.45. The van der Waals surface area contributed by atoms with Crippen LogP contribution in [0.2, 0.25) is 0 Å². The number of amides is 2. The summed E-state index contributed by atoms with van der Waals surface area (Å²) in [6, 6.07) is 0. The van der Waals surface area contributed by atoms with E-state index in [0.717, 1.165) is 4.90 Å². The van der Waals surface area contributed by atoms with Crippen LogP contribution in [-0.4, -0.2) is 29.0 Å². The van der Waals surface area contributed by atoms with Gasteiger partial charge in [-0.1, -0.05) is 13.8 Å². The summed E-state index contributed by atoms with van der Waals surface area (Å²) in [6.45, 7) is 5.33. The molecule has 4 nitrogen and oxygen atoms in total. The molecule has 0 radical (unpaired) electrons. The lowest BCUT2D eigenvalue weighted by Crippen LogP contribution is -2.46. The summed E-state index contributed by atoms with van der Waals surface area (Å²) < 4.78 is 0. The summed E-state index contributed by atoms with van der Waals surface area (Å²) in [4.78, 5) is 35.2. The van der Waals surface area contributed by atoms with E-state index >= 15 is 0 Å². The lowest BCUT2D eigenvalue weighted by atomic mass is 9.86. The van der Waals surface area contributed by atoms with Gasteiger partial charge in [-0.3, -0.25) is 19.3 Å². The molecule has 1 aliphatic heterocycles. The SMILES string of the molecule is CC(=O)CN1C(=O)CC(C(C)C)CC1=O. The van der Waals surface area contributed by atoms with Gasteiger partial charge in [0.1, 0.15) is 5.78 Å². The second kappa shape index (κ2) is 4.55. The highest BCUT2D eigenvalue weighted by molar-refractivity contribution is 6.01. The van der Waals surface area contributed by atoms with Gasteiger partial charge in [-0.25, -0.2) is 0 Å². The molecule has 15 heavy (non-hydrogen) atoms. The van der Waals surface area contributed by atoms with Crippen LogP contribution in [0.1, 0.15) is 33.6 Å². The van der Waals surface area contributed by atoms with Crippen molar-refractivity contribution in [2.45, 2.75) is 33.6 Å². The van der Waals surface area contributed by atoms with Crippen LogP contribution in [0.4, 0.5) is 0 Å². The Morgan fingerprint density at radius 3 is 2.13 bits per heavy atom. The molecule has 0 bridgehead atoms. The minimum absolute atomic E-state index is 0.0670. The first-order valence-electron chi connectivity index (χ1n) is 5.24. The van der Waals surface area contributed by atoms with Crippen molar-refractivity contribution in [1.82, 2.24) is 4.90 Å². The van der Waals surface area contributed by atoms with Crippen LogP contribution in [0, 0.1) is 11.8 Å². The largest absolute Gasteiger partial charge is 0.298 e. The number of nitrogens with zero attached hydrogens (tertiary/aromatic N) is 1. The van der Waals surface area contributed by atoms with Crippen molar-refractivity contribution < 1.29 is 14.4 Å². The molecule has 0 saturated carbocycles. The van der Waals surface area contributed by atoms with E-state index in [2.05, 4.69) is 0 Å². The summed E-state index contributed by atoms with van der Waals surface area (Å²) in [5.41, 5.74) is 0.